The zero-order chi connectivity index (χ0) is 12.4. The minimum absolute atomic E-state index is 0.0643. The number of ether oxygens (including phenoxy) is 1. The molecule has 0 unspecified atom stereocenters. The second-order valence-electron chi connectivity index (χ2n) is 4.29. The Morgan fingerprint density at radius 1 is 1.28 bits per heavy atom. The molecule has 0 fully saturated rings. The van der Waals surface area contributed by atoms with Crippen molar-refractivity contribution >= 4 is 11.6 Å². The van der Waals surface area contributed by atoms with Crippen LogP contribution in [-0.2, 0) is 17.8 Å². The fourth-order valence-corrected chi connectivity index (χ4v) is 1.98. The van der Waals surface area contributed by atoms with Crippen molar-refractivity contribution in [3.8, 4) is 5.75 Å². The van der Waals surface area contributed by atoms with Gasteiger partial charge in [-0.2, -0.15) is 0 Å². The fraction of sp³-hybridized carbons (Fsp3) is 0.214. The molecule has 0 spiro atoms. The second-order valence-corrected chi connectivity index (χ2v) is 4.29. The fourth-order valence-electron chi connectivity index (χ4n) is 1.98. The highest BCUT2D eigenvalue weighted by Gasteiger charge is 2.14. The van der Waals surface area contributed by atoms with E-state index >= 15 is 0 Å². The first-order valence-corrected chi connectivity index (χ1v) is 5.88. The maximum atomic E-state index is 11.3. The van der Waals surface area contributed by atoms with E-state index < -0.39 is 0 Å². The van der Waals surface area contributed by atoms with Crippen molar-refractivity contribution in [2.45, 2.75) is 19.4 Å². The molecule has 92 valence electrons. The lowest BCUT2D eigenvalue weighted by atomic mass is 10.0. The Morgan fingerprint density at radius 3 is 3.06 bits per heavy atom. The molecule has 0 radical (unpaired) electrons. The van der Waals surface area contributed by atoms with Gasteiger partial charge in [0.15, 0.2) is 0 Å². The van der Waals surface area contributed by atoms with Gasteiger partial charge < -0.3 is 14.5 Å². The molecule has 1 N–H and O–H groups in total. The zero-order valence-corrected chi connectivity index (χ0v) is 9.81. The standard InChI is InChI=1S/C14H13NO3/c16-14-4-2-11-1-3-12(7-13(11)15-14)18-9-10-5-6-17-8-10/h1,3,5-8H,2,4,9H2,(H,15,16). The van der Waals surface area contributed by atoms with Gasteiger partial charge in [-0.3, -0.25) is 4.79 Å². The monoisotopic (exact) mass is 243 g/mol. The summed E-state index contributed by atoms with van der Waals surface area (Å²) < 4.78 is 10.6. The summed E-state index contributed by atoms with van der Waals surface area (Å²) in [6, 6.07) is 7.66. The van der Waals surface area contributed by atoms with Gasteiger partial charge in [-0.1, -0.05) is 6.07 Å². The van der Waals surface area contributed by atoms with Crippen molar-refractivity contribution in [1.82, 2.24) is 0 Å². The molecule has 0 atom stereocenters. The summed E-state index contributed by atoms with van der Waals surface area (Å²) in [6.07, 6.45) is 4.62. The Bertz CT molecular complexity index is 560. The van der Waals surface area contributed by atoms with Crippen molar-refractivity contribution < 1.29 is 13.9 Å². The summed E-state index contributed by atoms with van der Waals surface area (Å²) >= 11 is 0. The number of rotatable bonds is 3. The smallest absolute Gasteiger partial charge is 0.224 e. The van der Waals surface area contributed by atoms with Gasteiger partial charge >= 0.3 is 0 Å². The number of aryl methyl sites for hydroxylation is 1. The number of fused-ring (bicyclic) bond motifs is 1. The van der Waals surface area contributed by atoms with Crippen LogP contribution in [0.3, 0.4) is 0 Å². The molecule has 0 bridgehead atoms. The molecule has 1 aromatic carbocycles. The van der Waals surface area contributed by atoms with E-state index in [2.05, 4.69) is 5.32 Å². The van der Waals surface area contributed by atoms with Gasteiger partial charge in [0.1, 0.15) is 12.4 Å². The molecule has 18 heavy (non-hydrogen) atoms. The SMILES string of the molecule is O=C1CCc2ccc(OCc3ccoc3)cc2N1. The highest BCUT2D eigenvalue weighted by molar-refractivity contribution is 5.94. The molecule has 1 aliphatic rings. The highest BCUT2D eigenvalue weighted by atomic mass is 16.5. The molecule has 2 heterocycles. The third kappa shape index (κ3) is 2.22. The lowest BCUT2D eigenvalue weighted by Gasteiger charge is -2.17. The Hall–Kier alpha value is -2.23. The van der Waals surface area contributed by atoms with E-state index in [1.54, 1.807) is 12.5 Å². The van der Waals surface area contributed by atoms with Crippen LogP contribution in [0.1, 0.15) is 17.5 Å². The van der Waals surface area contributed by atoms with Crippen LogP contribution in [0, 0.1) is 0 Å². The summed E-state index contributed by atoms with van der Waals surface area (Å²) in [5.41, 5.74) is 3.00. The average Bonchev–Trinajstić information content (AvgIpc) is 2.89. The molecule has 3 rings (SSSR count). The van der Waals surface area contributed by atoms with E-state index in [0.29, 0.717) is 13.0 Å². The van der Waals surface area contributed by atoms with Crippen LogP contribution >= 0.6 is 0 Å². The second kappa shape index (κ2) is 4.56. The maximum absolute atomic E-state index is 11.3. The minimum Gasteiger partial charge on any atom is -0.489 e. The summed E-state index contributed by atoms with van der Waals surface area (Å²) in [4.78, 5) is 11.3. The summed E-state index contributed by atoms with van der Waals surface area (Å²) in [7, 11) is 0. The Kier molecular flexibility index (Phi) is 2.76. The number of benzene rings is 1. The van der Waals surface area contributed by atoms with E-state index in [4.69, 9.17) is 9.15 Å². The number of hydrogen-bond acceptors (Lipinski definition) is 3. The first-order valence-electron chi connectivity index (χ1n) is 5.88. The van der Waals surface area contributed by atoms with Crippen LogP contribution in [0.2, 0.25) is 0 Å². The van der Waals surface area contributed by atoms with E-state index in [1.165, 1.54) is 0 Å². The van der Waals surface area contributed by atoms with Gasteiger partial charge in [-0.15, -0.1) is 0 Å². The van der Waals surface area contributed by atoms with Crippen molar-refractivity contribution in [3.63, 3.8) is 0 Å². The molecule has 1 amide bonds. The first kappa shape index (κ1) is 10.9. The van der Waals surface area contributed by atoms with Gasteiger partial charge in [0.25, 0.3) is 0 Å². The first-order chi connectivity index (χ1) is 8.81. The molecule has 1 aliphatic heterocycles. The predicted octanol–water partition coefficient (Wildman–Crippen LogP) is 2.74. The molecular formula is C14H13NO3. The van der Waals surface area contributed by atoms with E-state index in [9.17, 15) is 4.79 Å². The number of carbonyl (C=O) groups is 1. The van der Waals surface area contributed by atoms with Crippen molar-refractivity contribution in [2.24, 2.45) is 0 Å². The topological polar surface area (TPSA) is 51.5 Å². The van der Waals surface area contributed by atoms with Gasteiger partial charge in [-0.25, -0.2) is 0 Å². The number of carbonyl (C=O) groups excluding carboxylic acids is 1. The van der Waals surface area contributed by atoms with Crippen LogP contribution in [-0.4, -0.2) is 5.91 Å². The van der Waals surface area contributed by atoms with Crippen molar-refractivity contribution in [2.75, 3.05) is 5.32 Å². The molecule has 0 saturated carbocycles. The third-order valence-electron chi connectivity index (χ3n) is 2.96. The zero-order valence-electron chi connectivity index (χ0n) is 9.81. The third-order valence-corrected chi connectivity index (χ3v) is 2.96. The minimum atomic E-state index is 0.0643. The number of amides is 1. The Labute approximate surface area is 105 Å². The number of furan rings is 1. The Balaban J connectivity index is 1.73. The summed E-state index contributed by atoms with van der Waals surface area (Å²) in [5.74, 6) is 0.812. The number of hydrogen-bond donors (Lipinski definition) is 1. The average molecular weight is 243 g/mol. The maximum Gasteiger partial charge on any atom is 0.224 e. The van der Waals surface area contributed by atoms with E-state index in [1.807, 2.05) is 24.3 Å². The van der Waals surface area contributed by atoms with Crippen LogP contribution in [0.15, 0.2) is 41.2 Å². The number of nitrogens with one attached hydrogen (secondary N) is 1. The lowest BCUT2D eigenvalue weighted by Crippen LogP contribution is -2.18. The summed E-state index contributed by atoms with van der Waals surface area (Å²) in [5, 5.41) is 2.86. The van der Waals surface area contributed by atoms with Gasteiger partial charge in [-0.05, 0) is 24.1 Å². The summed E-state index contributed by atoms with van der Waals surface area (Å²) in [6.45, 7) is 0.462. The quantitative estimate of drug-likeness (QED) is 0.901. The molecule has 0 aliphatic carbocycles. The molecular weight excluding hydrogens is 230 g/mol. The van der Waals surface area contributed by atoms with Gasteiger partial charge in [0.2, 0.25) is 5.91 Å². The highest BCUT2D eigenvalue weighted by Crippen LogP contribution is 2.27. The molecule has 2 aromatic rings. The van der Waals surface area contributed by atoms with Crippen molar-refractivity contribution in [1.29, 1.82) is 0 Å². The number of anilines is 1. The van der Waals surface area contributed by atoms with E-state index in [0.717, 1.165) is 29.0 Å². The van der Waals surface area contributed by atoms with Crippen LogP contribution in [0.4, 0.5) is 5.69 Å². The molecule has 1 aromatic heterocycles. The van der Waals surface area contributed by atoms with E-state index in [-0.39, 0.29) is 5.91 Å². The van der Waals surface area contributed by atoms with Crippen LogP contribution < -0.4 is 10.1 Å². The normalized spacial score (nSPS) is 13.9. The van der Waals surface area contributed by atoms with Gasteiger partial charge in [0, 0.05) is 23.7 Å². The van der Waals surface area contributed by atoms with Crippen molar-refractivity contribution in [3.05, 3.63) is 47.9 Å². The van der Waals surface area contributed by atoms with Gasteiger partial charge in [0.05, 0.1) is 12.5 Å². The lowest BCUT2D eigenvalue weighted by molar-refractivity contribution is -0.116. The largest absolute Gasteiger partial charge is 0.489 e. The molecule has 0 saturated heterocycles. The van der Waals surface area contributed by atoms with Crippen LogP contribution in [0.25, 0.3) is 0 Å². The predicted molar refractivity (Wildman–Crippen MR) is 66.4 cm³/mol. The molecule has 4 nitrogen and oxygen atoms in total. The Morgan fingerprint density at radius 2 is 2.22 bits per heavy atom. The molecule has 4 heteroatoms. The van der Waals surface area contributed by atoms with Crippen LogP contribution in [0.5, 0.6) is 5.75 Å².